The second-order valence-electron chi connectivity index (χ2n) is 8.76. The van der Waals surface area contributed by atoms with Gasteiger partial charge in [0.05, 0.1) is 11.4 Å². The number of benzene rings is 1. The topological polar surface area (TPSA) is 97.0 Å². The molecule has 1 aliphatic rings. The van der Waals surface area contributed by atoms with Crippen LogP contribution >= 0.6 is 0 Å². The minimum Gasteiger partial charge on any atom is -0.455 e. The Morgan fingerprint density at radius 1 is 0.889 bits per heavy atom. The first kappa shape index (κ1) is 23.3. The van der Waals surface area contributed by atoms with E-state index in [1.54, 1.807) is 12.4 Å². The molecule has 0 spiro atoms. The summed E-state index contributed by atoms with van der Waals surface area (Å²) in [6, 6.07) is 17.9. The zero-order chi connectivity index (χ0) is 24.9. The Morgan fingerprint density at radius 3 is 2.61 bits per heavy atom. The number of pyridine rings is 3. The van der Waals surface area contributed by atoms with E-state index in [1.165, 1.54) is 5.56 Å². The van der Waals surface area contributed by atoms with Gasteiger partial charge in [-0.15, -0.1) is 5.10 Å². The molecule has 3 aromatic heterocycles. The van der Waals surface area contributed by atoms with Gasteiger partial charge in [-0.25, -0.2) is 9.97 Å². The second kappa shape index (κ2) is 10.4. The number of nitrogens with zero attached hydrogens (tertiary/aromatic N) is 6. The van der Waals surface area contributed by atoms with Gasteiger partial charge in [-0.05, 0) is 85.9 Å². The highest BCUT2D eigenvalue weighted by Gasteiger charge is 2.14. The lowest BCUT2D eigenvalue weighted by Gasteiger charge is -2.14. The molecular weight excluding hydrogens is 450 g/mol. The van der Waals surface area contributed by atoms with Crippen molar-refractivity contribution in [3.05, 3.63) is 89.4 Å². The van der Waals surface area contributed by atoms with Gasteiger partial charge in [-0.3, -0.25) is 4.98 Å². The zero-order valence-electron chi connectivity index (χ0n) is 20.6. The van der Waals surface area contributed by atoms with Crippen LogP contribution in [0.5, 0.6) is 11.5 Å². The number of aryl methyl sites for hydroxylation is 4. The van der Waals surface area contributed by atoms with Crippen LogP contribution in [0.2, 0.25) is 0 Å². The molecule has 8 heteroatoms. The molecule has 0 amide bonds. The molecule has 0 saturated carbocycles. The molecule has 0 aliphatic carbocycles. The van der Waals surface area contributed by atoms with Gasteiger partial charge in [0.1, 0.15) is 23.8 Å². The van der Waals surface area contributed by atoms with Gasteiger partial charge < -0.3 is 10.1 Å². The van der Waals surface area contributed by atoms with Gasteiger partial charge in [-0.2, -0.15) is 5.11 Å². The van der Waals surface area contributed by atoms with E-state index in [4.69, 9.17) is 9.72 Å². The molecule has 0 saturated heterocycles. The van der Waals surface area contributed by atoms with Crippen molar-refractivity contribution in [2.24, 2.45) is 15.4 Å². The first-order chi connectivity index (χ1) is 17.5. The molecule has 5 rings (SSSR count). The average molecular weight is 478 g/mol. The summed E-state index contributed by atoms with van der Waals surface area (Å²) in [5, 5.41) is 15.1. The number of hydrogen-bond acceptors (Lipinski definition) is 8. The fraction of sp³-hybridized carbons (Fsp3) is 0.214. The molecular formula is C28H27N7O. The van der Waals surface area contributed by atoms with E-state index in [0.29, 0.717) is 29.6 Å². The van der Waals surface area contributed by atoms with Crippen LogP contribution in [0.15, 0.2) is 82.4 Å². The van der Waals surface area contributed by atoms with E-state index in [-0.39, 0.29) is 0 Å². The Kier molecular flexibility index (Phi) is 6.75. The van der Waals surface area contributed by atoms with Crippen LogP contribution in [0.4, 0.5) is 11.5 Å². The highest BCUT2D eigenvalue weighted by Crippen LogP contribution is 2.33. The number of nitrogens with one attached hydrogen (secondary N) is 1. The van der Waals surface area contributed by atoms with Crippen LogP contribution in [0.3, 0.4) is 0 Å². The van der Waals surface area contributed by atoms with Crippen molar-refractivity contribution >= 4 is 17.2 Å². The number of rotatable bonds is 8. The lowest BCUT2D eigenvalue weighted by Crippen LogP contribution is -2.02. The highest BCUT2D eigenvalue weighted by molar-refractivity contribution is 5.87. The maximum absolute atomic E-state index is 6.31. The predicted molar refractivity (Wildman–Crippen MR) is 141 cm³/mol. The van der Waals surface area contributed by atoms with Crippen molar-refractivity contribution in [1.82, 2.24) is 15.0 Å². The maximum atomic E-state index is 6.31. The molecule has 1 N–H and O–H groups in total. The van der Waals surface area contributed by atoms with Gasteiger partial charge in [0, 0.05) is 29.8 Å². The maximum Gasteiger partial charge on any atom is 0.155 e. The van der Waals surface area contributed by atoms with Crippen LogP contribution in [0, 0.1) is 20.8 Å². The summed E-state index contributed by atoms with van der Waals surface area (Å²) in [7, 11) is 0. The van der Waals surface area contributed by atoms with Gasteiger partial charge in [0.25, 0.3) is 0 Å². The Morgan fingerprint density at radius 2 is 1.81 bits per heavy atom. The SMILES string of the molecule is Cc1ccc(CCC2=NN=NC2)cc1Nc1cc(Oc2cc(C)c(C)nc2-c2ccccn2)ccn1. The molecule has 0 bridgehead atoms. The third-order valence-corrected chi connectivity index (χ3v) is 6.07. The minimum atomic E-state index is 0.603. The highest BCUT2D eigenvalue weighted by atomic mass is 16.5. The van der Waals surface area contributed by atoms with E-state index >= 15 is 0 Å². The first-order valence-corrected chi connectivity index (χ1v) is 11.9. The molecule has 36 heavy (non-hydrogen) atoms. The number of aromatic nitrogens is 3. The lowest BCUT2D eigenvalue weighted by atomic mass is 10.0. The van der Waals surface area contributed by atoms with E-state index in [2.05, 4.69) is 55.8 Å². The second-order valence-corrected chi connectivity index (χ2v) is 8.76. The Balaban J connectivity index is 1.36. The van der Waals surface area contributed by atoms with E-state index in [1.807, 2.05) is 50.2 Å². The summed E-state index contributed by atoms with van der Waals surface area (Å²) in [5.41, 5.74) is 7.83. The summed E-state index contributed by atoms with van der Waals surface area (Å²) < 4.78 is 6.31. The van der Waals surface area contributed by atoms with Crippen LogP contribution in [0.25, 0.3) is 11.4 Å². The summed E-state index contributed by atoms with van der Waals surface area (Å²) in [6.45, 7) is 6.69. The number of hydrogen-bond donors (Lipinski definition) is 1. The summed E-state index contributed by atoms with van der Waals surface area (Å²) in [5.74, 6) is 2.01. The van der Waals surface area contributed by atoms with Crippen molar-refractivity contribution < 1.29 is 4.74 Å². The Hall–Kier alpha value is -4.46. The summed E-state index contributed by atoms with van der Waals surface area (Å²) >= 11 is 0. The van der Waals surface area contributed by atoms with Crippen molar-refractivity contribution in [1.29, 1.82) is 0 Å². The largest absolute Gasteiger partial charge is 0.455 e. The molecule has 8 nitrogen and oxygen atoms in total. The van der Waals surface area contributed by atoms with E-state index in [0.717, 1.165) is 46.8 Å². The first-order valence-electron chi connectivity index (χ1n) is 11.9. The van der Waals surface area contributed by atoms with Crippen molar-refractivity contribution in [2.45, 2.75) is 33.6 Å². The predicted octanol–water partition coefficient (Wildman–Crippen LogP) is 6.75. The van der Waals surface area contributed by atoms with E-state index < -0.39 is 0 Å². The van der Waals surface area contributed by atoms with Crippen molar-refractivity contribution in [3.8, 4) is 22.9 Å². The fourth-order valence-corrected chi connectivity index (χ4v) is 3.87. The van der Waals surface area contributed by atoms with Gasteiger partial charge in [0.2, 0.25) is 0 Å². The zero-order valence-corrected chi connectivity index (χ0v) is 20.6. The molecule has 1 aliphatic heterocycles. The van der Waals surface area contributed by atoms with Crippen LogP contribution < -0.4 is 10.1 Å². The molecule has 4 aromatic rings. The third-order valence-electron chi connectivity index (χ3n) is 6.07. The number of anilines is 2. The fourth-order valence-electron chi connectivity index (χ4n) is 3.87. The average Bonchev–Trinajstić information content (AvgIpc) is 3.41. The summed E-state index contributed by atoms with van der Waals surface area (Å²) in [4.78, 5) is 13.7. The Bertz CT molecular complexity index is 1450. The minimum absolute atomic E-state index is 0.603. The van der Waals surface area contributed by atoms with Crippen LogP contribution in [-0.2, 0) is 6.42 Å². The van der Waals surface area contributed by atoms with E-state index in [9.17, 15) is 0 Å². The van der Waals surface area contributed by atoms with Crippen molar-refractivity contribution in [3.63, 3.8) is 0 Å². The van der Waals surface area contributed by atoms with Gasteiger partial charge in [-0.1, -0.05) is 18.2 Å². The molecule has 0 unspecified atom stereocenters. The van der Waals surface area contributed by atoms with Crippen LogP contribution in [-0.4, -0.2) is 27.2 Å². The standard InChI is InChI=1S/C28H27N7O/c1-18-7-8-21(9-10-22-17-31-35-34-22)15-25(18)33-27-16-23(11-13-30-27)36-26-14-19(2)20(3)32-28(26)24-6-4-5-12-29-24/h4-8,11-16H,9-10,17H2,1-3H3,(H,30,33). The number of ether oxygens (including phenoxy) is 1. The molecule has 4 heterocycles. The quantitative estimate of drug-likeness (QED) is 0.303. The summed E-state index contributed by atoms with van der Waals surface area (Å²) in [6.07, 6.45) is 5.22. The van der Waals surface area contributed by atoms with Crippen LogP contribution in [0.1, 0.15) is 28.8 Å². The Labute approximate surface area is 210 Å². The molecule has 180 valence electrons. The molecule has 0 fully saturated rings. The molecule has 0 radical (unpaired) electrons. The van der Waals surface area contributed by atoms with Gasteiger partial charge >= 0.3 is 0 Å². The van der Waals surface area contributed by atoms with Crippen molar-refractivity contribution in [2.75, 3.05) is 11.9 Å². The van der Waals surface area contributed by atoms with Gasteiger partial charge in [0.15, 0.2) is 5.75 Å². The normalized spacial score (nSPS) is 12.5. The smallest absolute Gasteiger partial charge is 0.155 e. The monoisotopic (exact) mass is 477 g/mol. The third kappa shape index (κ3) is 5.43. The molecule has 0 atom stereocenters. The molecule has 1 aromatic carbocycles. The lowest BCUT2D eigenvalue weighted by molar-refractivity contribution is 0.481.